The molecular formula is C42H81NO3. The SMILES string of the molecule is CCCCCCCC/C=C/CCCCCCCCCC(=O)N[C@@H](CO)[C@H](O)/C=C/CCCCCCCCCCCCCCCCC. The fourth-order valence-electron chi connectivity index (χ4n) is 6.23. The normalized spacial score (nSPS) is 13.2. The monoisotopic (exact) mass is 648 g/mol. The van der Waals surface area contributed by atoms with Crippen molar-refractivity contribution in [1.82, 2.24) is 5.32 Å². The molecule has 0 aliphatic heterocycles. The zero-order valence-electron chi connectivity index (χ0n) is 31.1. The highest BCUT2D eigenvalue weighted by Gasteiger charge is 2.17. The van der Waals surface area contributed by atoms with Crippen LogP contribution in [0.4, 0.5) is 0 Å². The number of rotatable bonds is 37. The van der Waals surface area contributed by atoms with Crippen molar-refractivity contribution in [3.8, 4) is 0 Å². The van der Waals surface area contributed by atoms with E-state index >= 15 is 0 Å². The molecule has 272 valence electrons. The first-order chi connectivity index (χ1) is 22.7. The van der Waals surface area contributed by atoms with E-state index in [0.29, 0.717) is 6.42 Å². The Balaban J connectivity index is 3.59. The van der Waals surface area contributed by atoms with Gasteiger partial charge in [-0.25, -0.2) is 0 Å². The van der Waals surface area contributed by atoms with E-state index in [1.54, 1.807) is 6.08 Å². The van der Waals surface area contributed by atoms with Gasteiger partial charge in [-0.3, -0.25) is 4.79 Å². The summed E-state index contributed by atoms with van der Waals surface area (Å²) in [4.78, 5) is 12.3. The summed E-state index contributed by atoms with van der Waals surface area (Å²) < 4.78 is 0. The molecule has 0 fully saturated rings. The molecule has 0 radical (unpaired) electrons. The molecule has 0 aliphatic carbocycles. The molecule has 0 heterocycles. The number of nitrogens with one attached hydrogen (secondary N) is 1. The smallest absolute Gasteiger partial charge is 0.220 e. The average Bonchev–Trinajstić information content (AvgIpc) is 3.06. The Labute approximate surface area is 288 Å². The average molecular weight is 648 g/mol. The van der Waals surface area contributed by atoms with E-state index in [2.05, 4.69) is 31.3 Å². The third-order valence-electron chi connectivity index (χ3n) is 9.43. The van der Waals surface area contributed by atoms with Gasteiger partial charge in [0.1, 0.15) is 0 Å². The highest BCUT2D eigenvalue weighted by atomic mass is 16.3. The third kappa shape index (κ3) is 34.2. The molecule has 0 unspecified atom stereocenters. The first-order valence-corrected chi connectivity index (χ1v) is 20.6. The van der Waals surface area contributed by atoms with Crippen LogP contribution in [0.3, 0.4) is 0 Å². The van der Waals surface area contributed by atoms with Crippen LogP contribution in [-0.2, 0) is 4.79 Å². The minimum absolute atomic E-state index is 0.0679. The first kappa shape index (κ1) is 44.9. The standard InChI is InChI=1S/C42H81NO3/c1-3-5-7-9-11-13-15-17-19-21-23-25-27-29-31-33-35-37-41(45)40(39-44)43-42(46)38-36-34-32-30-28-26-24-22-20-18-16-14-12-10-8-6-4-2/h18,20,35,37,40-41,44-45H,3-17,19,21-34,36,38-39H2,1-2H3,(H,43,46)/b20-18+,37-35+/t40-,41+/m0/s1. The quantitative estimate of drug-likeness (QED) is 0.0464. The molecule has 4 heteroatoms. The van der Waals surface area contributed by atoms with Crippen molar-refractivity contribution in [3.05, 3.63) is 24.3 Å². The summed E-state index contributed by atoms with van der Waals surface area (Å²) in [7, 11) is 0. The molecule has 0 aliphatic rings. The Kier molecular flexibility index (Phi) is 37.4. The van der Waals surface area contributed by atoms with Crippen LogP contribution in [0.25, 0.3) is 0 Å². The summed E-state index contributed by atoms with van der Waals surface area (Å²) in [6, 6.07) is -0.621. The largest absolute Gasteiger partial charge is 0.394 e. The molecule has 2 atom stereocenters. The molecule has 0 spiro atoms. The number of hydrogen-bond acceptors (Lipinski definition) is 3. The Morgan fingerprint density at radius 2 is 0.826 bits per heavy atom. The lowest BCUT2D eigenvalue weighted by atomic mass is 10.0. The van der Waals surface area contributed by atoms with Crippen molar-refractivity contribution >= 4 is 5.91 Å². The van der Waals surface area contributed by atoms with Gasteiger partial charge >= 0.3 is 0 Å². The van der Waals surface area contributed by atoms with E-state index in [-0.39, 0.29) is 12.5 Å². The summed E-state index contributed by atoms with van der Waals surface area (Å²) in [6.45, 7) is 4.31. The molecule has 3 N–H and O–H groups in total. The molecule has 4 nitrogen and oxygen atoms in total. The summed E-state index contributed by atoms with van der Waals surface area (Å²) in [6.07, 6.45) is 48.4. The van der Waals surface area contributed by atoms with Gasteiger partial charge in [0.2, 0.25) is 5.91 Å². The van der Waals surface area contributed by atoms with Crippen molar-refractivity contribution in [2.75, 3.05) is 6.61 Å². The number of hydrogen-bond donors (Lipinski definition) is 3. The van der Waals surface area contributed by atoms with E-state index in [9.17, 15) is 15.0 Å². The highest BCUT2D eigenvalue weighted by molar-refractivity contribution is 5.76. The Hall–Kier alpha value is -1.13. The molecule has 0 aromatic rings. The molecule has 0 aromatic carbocycles. The third-order valence-corrected chi connectivity index (χ3v) is 9.43. The fraction of sp³-hybridized carbons (Fsp3) is 0.881. The van der Waals surface area contributed by atoms with Gasteiger partial charge in [-0.2, -0.15) is 0 Å². The first-order valence-electron chi connectivity index (χ1n) is 20.6. The second kappa shape index (κ2) is 38.3. The van der Waals surface area contributed by atoms with Gasteiger partial charge in [-0.05, 0) is 44.9 Å². The Morgan fingerprint density at radius 1 is 0.500 bits per heavy atom. The number of allylic oxidation sites excluding steroid dienone is 3. The second-order valence-corrected chi connectivity index (χ2v) is 14.1. The van der Waals surface area contributed by atoms with Crippen molar-refractivity contribution in [2.45, 2.75) is 231 Å². The summed E-state index contributed by atoms with van der Waals surface area (Å²) in [5, 5.41) is 23.0. The van der Waals surface area contributed by atoms with Crippen molar-refractivity contribution in [1.29, 1.82) is 0 Å². The van der Waals surface area contributed by atoms with Gasteiger partial charge < -0.3 is 15.5 Å². The van der Waals surface area contributed by atoms with Gasteiger partial charge in [-0.15, -0.1) is 0 Å². The van der Waals surface area contributed by atoms with E-state index in [1.807, 2.05) is 6.08 Å². The number of amides is 1. The number of aliphatic hydroxyl groups excluding tert-OH is 2. The van der Waals surface area contributed by atoms with E-state index < -0.39 is 12.1 Å². The lowest BCUT2D eigenvalue weighted by molar-refractivity contribution is -0.123. The maximum atomic E-state index is 12.3. The van der Waals surface area contributed by atoms with Gasteiger partial charge in [0, 0.05) is 6.42 Å². The van der Waals surface area contributed by atoms with Gasteiger partial charge in [0.15, 0.2) is 0 Å². The zero-order valence-corrected chi connectivity index (χ0v) is 31.1. The molecule has 1 amide bonds. The van der Waals surface area contributed by atoms with Crippen LogP contribution < -0.4 is 5.32 Å². The van der Waals surface area contributed by atoms with Gasteiger partial charge in [0.25, 0.3) is 0 Å². The van der Waals surface area contributed by atoms with Gasteiger partial charge in [0.05, 0.1) is 18.8 Å². The van der Waals surface area contributed by atoms with E-state index in [1.165, 1.54) is 173 Å². The molecule has 0 rings (SSSR count). The molecule has 0 bridgehead atoms. The number of aliphatic hydroxyl groups is 2. The summed E-state index contributed by atoms with van der Waals surface area (Å²) in [5.74, 6) is -0.0679. The fourth-order valence-corrected chi connectivity index (χ4v) is 6.23. The van der Waals surface area contributed by atoms with Crippen LogP contribution in [-0.4, -0.2) is 34.9 Å². The number of unbranched alkanes of at least 4 members (excludes halogenated alkanes) is 28. The van der Waals surface area contributed by atoms with Crippen LogP contribution in [0.5, 0.6) is 0 Å². The van der Waals surface area contributed by atoms with Gasteiger partial charge in [-0.1, -0.05) is 192 Å². The van der Waals surface area contributed by atoms with Crippen LogP contribution in [0.2, 0.25) is 0 Å². The van der Waals surface area contributed by atoms with Crippen LogP contribution >= 0.6 is 0 Å². The maximum absolute atomic E-state index is 12.3. The summed E-state index contributed by atoms with van der Waals surface area (Å²) >= 11 is 0. The molecule has 0 saturated heterocycles. The zero-order chi connectivity index (χ0) is 33.6. The molecular weight excluding hydrogens is 566 g/mol. The lowest BCUT2D eigenvalue weighted by Gasteiger charge is -2.20. The Bertz CT molecular complexity index is 661. The van der Waals surface area contributed by atoms with Crippen LogP contribution in [0.1, 0.15) is 219 Å². The van der Waals surface area contributed by atoms with Crippen LogP contribution in [0.15, 0.2) is 24.3 Å². The second-order valence-electron chi connectivity index (χ2n) is 14.1. The number of carbonyl (C=O) groups is 1. The molecule has 46 heavy (non-hydrogen) atoms. The lowest BCUT2D eigenvalue weighted by Crippen LogP contribution is -2.45. The van der Waals surface area contributed by atoms with Crippen LogP contribution in [0, 0.1) is 0 Å². The molecule has 0 aromatic heterocycles. The van der Waals surface area contributed by atoms with Crippen molar-refractivity contribution in [2.24, 2.45) is 0 Å². The predicted octanol–water partition coefficient (Wildman–Crippen LogP) is 12.5. The summed E-state index contributed by atoms with van der Waals surface area (Å²) in [5.41, 5.74) is 0. The minimum atomic E-state index is -0.837. The topological polar surface area (TPSA) is 69.6 Å². The highest BCUT2D eigenvalue weighted by Crippen LogP contribution is 2.15. The predicted molar refractivity (Wildman–Crippen MR) is 202 cm³/mol. The molecule has 0 saturated carbocycles. The minimum Gasteiger partial charge on any atom is -0.394 e. The number of carbonyl (C=O) groups excluding carboxylic acids is 1. The van der Waals surface area contributed by atoms with E-state index in [4.69, 9.17) is 0 Å². The Morgan fingerprint density at radius 3 is 1.20 bits per heavy atom. The van der Waals surface area contributed by atoms with Crippen molar-refractivity contribution < 1.29 is 15.0 Å². The van der Waals surface area contributed by atoms with E-state index in [0.717, 1.165) is 25.7 Å². The maximum Gasteiger partial charge on any atom is 0.220 e. The van der Waals surface area contributed by atoms with Crippen molar-refractivity contribution in [3.63, 3.8) is 0 Å².